The van der Waals surface area contributed by atoms with Crippen LogP contribution in [0.3, 0.4) is 0 Å². The maximum Gasteiger partial charge on any atom is 0.333 e. The first-order valence-electron chi connectivity index (χ1n) is 4.47. The van der Waals surface area contributed by atoms with Crippen molar-refractivity contribution in [2.24, 2.45) is 0 Å². The summed E-state index contributed by atoms with van der Waals surface area (Å²) in [6, 6.07) is 0. The van der Waals surface area contributed by atoms with Crippen LogP contribution in [0.15, 0.2) is 12.2 Å². The number of hydrogen-bond acceptors (Lipinski definition) is 5. The molecule has 0 aliphatic heterocycles. The Morgan fingerprint density at radius 2 is 1.73 bits per heavy atom. The highest BCUT2D eigenvalue weighted by Crippen LogP contribution is 2.05. The van der Waals surface area contributed by atoms with Gasteiger partial charge in [-0.1, -0.05) is 6.58 Å². The van der Waals surface area contributed by atoms with E-state index < -0.39 is 18.4 Å². The molecule has 0 spiro atoms. The van der Waals surface area contributed by atoms with Gasteiger partial charge in [-0.15, -0.1) is 0 Å². The molecule has 88 valence electrons. The van der Waals surface area contributed by atoms with E-state index in [0.29, 0.717) is 5.57 Å². The molecule has 0 saturated carbocycles. The Morgan fingerprint density at radius 1 is 1.20 bits per heavy atom. The maximum absolute atomic E-state index is 11.1. The summed E-state index contributed by atoms with van der Waals surface area (Å²) >= 11 is 0. The first kappa shape index (κ1) is 14.1. The number of rotatable bonds is 7. The van der Waals surface area contributed by atoms with Gasteiger partial charge in [0.15, 0.2) is 6.29 Å². The molecule has 15 heavy (non-hydrogen) atoms. The maximum atomic E-state index is 11.1. The van der Waals surface area contributed by atoms with Crippen LogP contribution in [-0.2, 0) is 23.7 Å². The van der Waals surface area contributed by atoms with Gasteiger partial charge in [-0.05, 0) is 6.92 Å². The molecule has 0 rings (SSSR count). The lowest BCUT2D eigenvalue weighted by Gasteiger charge is -2.22. The molecule has 1 atom stereocenters. The van der Waals surface area contributed by atoms with Crippen LogP contribution in [0.5, 0.6) is 0 Å². The Morgan fingerprint density at radius 3 is 2.07 bits per heavy atom. The van der Waals surface area contributed by atoms with E-state index in [1.807, 2.05) is 0 Å². The van der Waals surface area contributed by atoms with Crippen LogP contribution in [0.1, 0.15) is 6.92 Å². The summed E-state index contributed by atoms with van der Waals surface area (Å²) in [6.07, 6.45) is -1.02. The molecule has 0 aliphatic rings. The molecule has 1 unspecified atom stereocenters. The predicted molar refractivity (Wildman–Crippen MR) is 54.4 cm³/mol. The van der Waals surface area contributed by atoms with Crippen molar-refractivity contribution in [1.29, 1.82) is 0 Å². The lowest BCUT2D eigenvalue weighted by Crippen LogP contribution is -2.36. The summed E-state index contributed by atoms with van der Waals surface area (Å²) in [6.45, 7) is 5.11. The lowest BCUT2D eigenvalue weighted by molar-refractivity contribution is -0.189. The largest absolute Gasteiger partial charge is 0.459 e. The van der Waals surface area contributed by atoms with Gasteiger partial charge in [0.1, 0.15) is 12.7 Å². The van der Waals surface area contributed by atoms with Crippen molar-refractivity contribution in [1.82, 2.24) is 0 Å². The molecule has 0 aliphatic carbocycles. The molecule has 0 amide bonds. The standard InChI is InChI=1S/C10H18O5/c1-7(2)9(11)15-6-8(12-3)10(13-4)14-5/h8,10H,1,6H2,2-5H3. The van der Waals surface area contributed by atoms with E-state index in [9.17, 15) is 4.79 Å². The molecule has 0 aromatic rings. The van der Waals surface area contributed by atoms with Crippen molar-refractivity contribution in [3.8, 4) is 0 Å². The molecule has 0 fully saturated rings. The normalized spacial score (nSPS) is 12.6. The monoisotopic (exact) mass is 218 g/mol. The van der Waals surface area contributed by atoms with Crippen LogP contribution >= 0.6 is 0 Å². The van der Waals surface area contributed by atoms with Crippen molar-refractivity contribution in [3.63, 3.8) is 0 Å². The number of esters is 1. The van der Waals surface area contributed by atoms with Gasteiger partial charge in [0, 0.05) is 26.9 Å². The van der Waals surface area contributed by atoms with Crippen LogP contribution in [0, 0.1) is 0 Å². The van der Waals surface area contributed by atoms with Crippen molar-refractivity contribution in [3.05, 3.63) is 12.2 Å². The third kappa shape index (κ3) is 4.92. The second-order valence-corrected chi connectivity index (χ2v) is 2.99. The van der Waals surface area contributed by atoms with Crippen LogP contribution in [0.4, 0.5) is 0 Å². The predicted octanol–water partition coefficient (Wildman–Crippen LogP) is 0.740. The van der Waals surface area contributed by atoms with Gasteiger partial charge in [-0.3, -0.25) is 0 Å². The molecular formula is C10H18O5. The zero-order valence-electron chi connectivity index (χ0n) is 9.61. The molecule has 5 heteroatoms. The summed E-state index contributed by atoms with van der Waals surface area (Å²) in [5.41, 5.74) is 0.344. The van der Waals surface area contributed by atoms with Gasteiger partial charge >= 0.3 is 5.97 Å². The van der Waals surface area contributed by atoms with Crippen molar-refractivity contribution >= 4 is 5.97 Å². The Hall–Kier alpha value is -0.910. The molecule has 0 radical (unpaired) electrons. The number of carbonyl (C=O) groups excluding carboxylic acids is 1. The van der Waals surface area contributed by atoms with Crippen LogP contribution in [-0.4, -0.2) is 46.3 Å². The SMILES string of the molecule is C=C(C)C(=O)OCC(OC)C(OC)OC. The molecule has 0 aromatic carbocycles. The highest BCUT2D eigenvalue weighted by Gasteiger charge is 2.22. The fourth-order valence-electron chi connectivity index (χ4n) is 0.939. The first-order valence-corrected chi connectivity index (χ1v) is 4.47. The molecule has 0 saturated heterocycles. The van der Waals surface area contributed by atoms with E-state index in [1.54, 1.807) is 6.92 Å². The van der Waals surface area contributed by atoms with E-state index in [1.165, 1.54) is 21.3 Å². The average molecular weight is 218 g/mol. The van der Waals surface area contributed by atoms with Crippen LogP contribution in [0.2, 0.25) is 0 Å². The fourth-order valence-corrected chi connectivity index (χ4v) is 0.939. The number of ether oxygens (including phenoxy) is 4. The lowest BCUT2D eigenvalue weighted by atomic mass is 10.3. The van der Waals surface area contributed by atoms with Gasteiger partial charge in [0.25, 0.3) is 0 Å². The van der Waals surface area contributed by atoms with E-state index in [0.717, 1.165) is 0 Å². The van der Waals surface area contributed by atoms with Gasteiger partial charge in [0.2, 0.25) is 0 Å². The minimum absolute atomic E-state index is 0.0640. The summed E-state index contributed by atoms with van der Waals surface area (Å²) in [7, 11) is 4.46. The van der Waals surface area contributed by atoms with Crippen LogP contribution < -0.4 is 0 Å². The quantitative estimate of drug-likeness (QED) is 0.358. The summed E-state index contributed by atoms with van der Waals surface area (Å²) in [4.78, 5) is 11.1. The molecular weight excluding hydrogens is 200 g/mol. The third-order valence-corrected chi connectivity index (χ3v) is 1.80. The van der Waals surface area contributed by atoms with Crippen molar-refractivity contribution in [2.75, 3.05) is 27.9 Å². The molecule has 0 aromatic heterocycles. The number of carbonyl (C=O) groups is 1. The number of hydrogen-bond donors (Lipinski definition) is 0. The third-order valence-electron chi connectivity index (χ3n) is 1.80. The van der Waals surface area contributed by atoms with Crippen molar-refractivity contribution < 1.29 is 23.7 Å². The Kier molecular flexibility index (Phi) is 6.94. The fraction of sp³-hybridized carbons (Fsp3) is 0.700. The van der Waals surface area contributed by atoms with Crippen molar-refractivity contribution in [2.45, 2.75) is 19.3 Å². The Bertz CT molecular complexity index is 210. The highest BCUT2D eigenvalue weighted by molar-refractivity contribution is 5.86. The van der Waals surface area contributed by atoms with E-state index in [2.05, 4.69) is 6.58 Å². The first-order chi connectivity index (χ1) is 7.06. The minimum atomic E-state index is -0.562. The second kappa shape index (κ2) is 7.39. The summed E-state index contributed by atoms with van der Waals surface area (Å²) in [5, 5.41) is 0. The smallest absolute Gasteiger partial charge is 0.333 e. The molecule has 0 N–H and O–H groups in total. The van der Waals surface area contributed by atoms with Crippen LogP contribution in [0.25, 0.3) is 0 Å². The molecule has 0 bridgehead atoms. The van der Waals surface area contributed by atoms with Gasteiger partial charge in [-0.2, -0.15) is 0 Å². The minimum Gasteiger partial charge on any atom is -0.459 e. The van der Waals surface area contributed by atoms with Gasteiger partial charge in [-0.25, -0.2) is 4.79 Å². The van der Waals surface area contributed by atoms with E-state index >= 15 is 0 Å². The van der Waals surface area contributed by atoms with Gasteiger partial charge < -0.3 is 18.9 Å². The zero-order valence-corrected chi connectivity index (χ0v) is 9.61. The average Bonchev–Trinajstić information content (AvgIpc) is 2.23. The molecule has 0 heterocycles. The number of methoxy groups -OCH3 is 3. The topological polar surface area (TPSA) is 54.0 Å². The Labute approximate surface area is 89.9 Å². The second-order valence-electron chi connectivity index (χ2n) is 2.99. The molecule has 5 nitrogen and oxygen atoms in total. The van der Waals surface area contributed by atoms with E-state index in [4.69, 9.17) is 18.9 Å². The Balaban J connectivity index is 4.10. The van der Waals surface area contributed by atoms with E-state index in [-0.39, 0.29) is 6.61 Å². The van der Waals surface area contributed by atoms with Gasteiger partial charge in [0.05, 0.1) is 0 Å². The summed E-state index contributed by atoms with van der Waals surface area (Å²) < 4.78 is 20.0. The highest BCUT2D eigenvalue weighted by atomic mass is 16.7. The summed E-state index contributed by atoms with van der Waals surface area (Å²) in [5.74, 6) is -0.456. The zero-order chi connectivity index (χ0) is 11.8.